The Hall–Kier alpha value is -1.35. The van der Waals surface area contributed by atoms with Crippen molar-refractivity contribution in [3.8, 4) is 0 Å². The van der Waals surface area contributed by atoms with Crippen LogP contribution in [0.5, 0.6) is 0 Å². The van der Waals surface area contributed by atoms with Gasteiger partial charge in [-0.05, 0) is 37.9 Å². The minimum Gasteiger partial charge on any atom is -0.336 e. The zero-order chi connectivity index (χ0) is 14.5. The summed E-state index contributed by atoms with van der Waals surface area (Å²) in [5.74, 6) is 0.927. The van der Waals surface area contributed by atoms with Crippen molar-refractivity contribution in [3.63, 3.8) is 0 Å². The lowest BCUT2D eigenvalue weighted by molar-refractivity contribution is 0.0632. The van der Waals surface area contributed by atoms with Crippen LogP contribution >= 0.6 is 0 Å². The minimum atomic E-state index is 0.175. The lowest BCUT2D eigenvalue weighted by atomic mass is 10.1. The molecule has 0 aliphatic carbocycles. The second-order valence-corrected chi connectivity index (χ2v) is 6.18. The molecule has 1 fully saturated rings. The molecule has 1 saturated heterocycles. The van der Waals surface area contributed by atoms with Crippen LogP contribution in [0.15, 0.2) is 24.3 Å². The summed E-state index contributed by atoms with van der Waals surface area (Å²) >= 11 is 0. The molecule has 1 heterocycles. The highest BCUT2D eigenvalue weighted by Gasteiger charge is 2.21. The Morgan fingerprint density at radius 1 is 1.10 bits per heavy atom. The highest BCUT2D eigenvalue weighted by atomic mass is 16.2. The largest absolute Gasteiger partial charge is 0.336 e. The van der Waals surface area contributed by atoms with Gasteiger partial charge in [-0.3, -0.25) is 9.69 Å². The molecule has 2 rings (SSSR count). The number of aryl methyl sites for hydroxylation is 1. The predicted molar refractivity (Wildman–Crippen MR) is 83.0 cm³/mol. The van der Waals surface area contributed by atoms with E-state index in [1.165, 1.54) is 12.0 Å². The maximum atomic E-state index is 12.4. The lowest BCUT2D eigenvalue weighted by Crippen LogP contribution is -2.48. The summed E-state index contributed by atoms with van der Waals surface area (Å²) in [4.78, 5) is 16.8. The molecule has 0 radical (unpaired) electrons. The lowest BCUT2D eigenvalue weighted by Gasteiger charge is -2.35. The number of hydrogen-bond acceptors (Lipinski definition) is 2. The van der Waals surface area contributed by atoms with E-state index >= 15 is 0 Å². The number of amides is 1. The van der Waals surface area contributed by atoms with Gasteiger partial charge in [0.15, 0.2) is 0 Å². The predicted octanol–water partition coefficient (Wildman–Crippen LogP) is 2.80. The third-order valence-electron chi connectivity index (χ3n) is 3.98. The molecule has 0 bridgehead atoms. The summed E-state index contributed by atoms with van der Waals surface area (Å²) in [6.45, 7) is 11.4. The quantitative estimate of drug-likeness (QED) is 0.843. The number of benzene rings is 1. The van der Waals surface area contributed by atoms with Crippen LogP contribution in [0.4, 0.5) is 0 Å². The molecule has 110 valence electrons. The van der Waals surface area contributed by atoms with Crippen LogP contribution in [0.2, 0.25) is 0 Å². The third kappa shape index (κ3) is 4.07. The topological polar surface area (TPSA) is 23.6 Å². The van der Waals surface area contributed by atoms with Crippen LogP contribution in [0.25, 0.3) is 0 Å². The van der Waals surface area contributed by atoms with Gasteiger partial charge in [-0.25, -0.2) is 0 Å². The van der Waals surface area contributed by atoms with Crippen LogP contribution in [0.3, 0.4) is 0 Å². The third-order valence-corrected chi connectivity index (χ3v) is 3.98. The first-order valence-corrected chi connectivity index (χ1v) is 7.64. The number of hydrogen-bond donors (Lipinski definition) is 0. The molecule has 20 heavy (non-hydrogen) atoms. The molecule has 0 spiro atoms. The Kier molecular flexibility index (Phi) is 5.18. The van der Waals surface area contributed by atoms with Gasteiger partial charge in [-0.1, -0.05) is 31.5 Å². The van der Waals surface area contributed by atoms with E-state index in [2.05, 4.69) is 18.7 Å². The Labute approximate surface area is 122 Å². The Balaban J connectivity index is 1.84. The molecule has 0 unspecified atom stereocenters. The zero-order valence-electron chi connectivity index (χ0n) is 12.9. The van der Waals surface area contributed by atoms with E-state index in [9.17, 15) is 4.79 Å². The zero-order valence-corrected chi connectivity index (χ0v) is 12.9. The van der Waals surface area contributed by atoms with Crippen molar-refractivity contribution in [1.82, 2.24) is 9.80 Å². The fourth-order valence-electron chi connectivity index (χ4n) is 2.49. The van der Waals surface area contributed by atoms with Crippen LogP contribution in [0.1, 0.15) is 36.2 Å². The van der Waals surface area contributed by atoms with E-state index in [1.807, 2.05) is 36.1 Å². The van der Waals surface area contributed by atoms with Gasteiger partial charge in [-0.2, -0.15) is 0 Å². The maximum Gasteiger partial charge on any atom is 0.253 e. The molecule has 0 saturated carbocycles. The van der Waals surface area contributed by atoms with Crippen molar-refractivity contribution in [2.45, 2.75) is 27.2 Å². The SMILES string of the molecule is Cc1ccc(C(=O)N2CCN(CCC(C)C)CC2)cc1. The molecule has 3 heteroatoms. The standard InChI is InChI=1S/C17H26N2O/c1-14(2)8-9-18-10-12-19(13-11-18)17(20)16-6-4-15(3)5-7-16/h4-7,14H,8-13H2,1-3H3. The fraction of sp³-hybridized carbons (Fsp3) is 0.588. The molecule has 1 aliphatic rings. The summed E-state index contributed by atoms with van der Waals surface area (Å²) in [6, 6.07) is 7.88. The van der Waals surface area contributed by atoms with Crippen molar-refractivity contribution in [3.05, 3.63) is 35.4 Å². The van der Waals surface area contributed by atoms with Crippen molar-refractivity contribution in [2.75, 3.05) is 32.7 Å². The first kappa shape index (κ1) is 15.0. The molecule has 3 nitrogen and oxygen atoms in total. The van der Waals surface area contributed by atoms with E-state index in [4.69, 9.17) is 0 Å². The second kappa shape index (κ2) is 6.89. The highest BCUT2D eigenvalue weighted by molar-refractivity contribution is 5.94. The summed E-state index contributed by atoms with van der Waals surface area (Å²) in [5.41, 5.74) is 2.01. The Morgan fingerprint density at radius 2 is 1.70 bits per heavy atom. The molecular formula is C17H26N2O. The minimum absolute atomic E-state index is 0.175. The molecule has 1 amide bonds. The fourth-order valence-corrected chi connectivity index (χ4v) is 2.49. The van der Waals surface area contributed by atoms with E-state index < -0.39 is 0 Å². The Bertz CT molecular complexity index is 431. The van der Waals surface area contributed by atoms with Gasteiger partial charge in [0.25, 0.3) is 5.91 Å². The number of rotatable bonds is 4. The van der Waals surface area contributed by atoms with Gasteiger partial charge in [0, 0.05) is 31.7 Å². The van der Waals surface area contributed by atoms with Crippen LogP contribution in [0, 0.1) is 12.8 Å². The van der Waals surface area contributed by atoms with Gasteiger partial charge in [-0.15, -0.1) is 0 Å². The highest BCUT2D eigenvalue weighted by Crippen LogP contribution is 2.11. The van der Waals surface area contributed by atoms with Crippen molar-refractivity contribution < 1.29 is 4.79 Å². The van der Waals surface area contributed by atoms with Gasteiger partial charge in [0.05, 0.1) is 0 Å². The van der Waals surface area contributed by atoms with E-state index in [0.717, 1.165) is 44.2 Å². The first-order valence-electron chi connectivity index (χ1n) is 7.64. The van der Waals surface area contributed by atoms with E-state index in [1.54, 1.807) is 0 Å². The van der Waals surface area contributed by atoms with Crippen LogP contribution in [-0.2, 0) is 0 Å². The summed E-state index contributed by atoms with van der Waals surface area (Å²) in [7, 11) is 0. The van der Waals surface area contributed by atoms with E-state index in [0.29, 0.717) is 0 Å². The monoisotopic (exact) mass is 274 g/mol. The smallest absolute Gasteiger partial charge is 0.253 e. The van der Waals surface area contributed by atoms with Crippen LogP contribution < -0.4 is 0 Å². The molecular weight excluding hydrogens is 248 g/mol. The molecule has 1 aromatic rings. The second-order valence-electron chi connectivity index (χ2n) is 6.18. The molecule has 1 aliphatic heterocycles. The van der Waals surface area contributed by atoms with Gasteiger partial charge in [0.1, 0.15) is 0 Å². The number of piperazine rings is 1. The van der Waals surface area contributed by atoms with Gasteiger partial charge < -0.3 is 4.90 Å². The number of carbonyl (C=O) groups excluding carboxylic acids is 1. The van der Waals surface area contributed by atoms with Gasteiger partial charge >= 0.3 is 0 Å². The van der Waals surface area contributed by atoms with Gasteiger partial charge in [0.2, 0.25) is 0 Å². The Morgan fingerprint density at radius 3 is 2.25 bits per heavy atom. The first-order chi connectivity index (χ1) is 9.56. The van der Waals surface area contributed by atoms with E-state index in [-0.39, 0.29) is 5.91 Å². The molecule has 0 atom stereocenters. The summed E-state index contributed by atoms with van der Waals surface area (Å²) in [6.07, 6.45) is 1.24. The van der Waals surface area contributed by atoms with Crippen molar-refractivity contribution >= 4 is 5.91 Å². The number of nitrogens with zero attached hydrogens (tertiary/aromatic N) is 2. The average molecular weight is 274 g/mol. The molecule has 0 N–H and O–H groups in total. The average Bonchev–Trinajstić information content (AvgIpc) is 2.46. The van der Waals surface area contributed by atoms with Crippen LogP contribution in [-0.4, -0.2) is 48.4 Å². The summed E-state index contributed by atoms with van der Waals surface area (Å²) < 4.78 is 0. The summed E-state index contributed by atoms with van der Waals surface area (Å²) in [5, 5.41) is 0. The molecule has 0 aromatic heterocycles. The van der Waals surface area contributed by atoms with Crippen molar-refractivity contribution in [1.29, 1.82) is 0 Å². The maximum absolute atomic E-state index is 12.4. The normalized spacial score (nSPS) is 16.7. The molecule has 1 aromatic carbocycles. The number of carbonyl (C=O) groups is 1. The van der Waals surface area contributed by atoms with Crippen molar-refractivity contribution in [2.24, 2.45) is 5.92 Å².